The topological polar surface area (TPSA) is 6.48 Å². The van der Waals surface area contributed by atoms with Gasteiger partial charge in [-0.05, 0) is 165 Å². The van der Waals surface area contributed by atoms with E-state index < -0.39 is 0 Å². The van der Waals surface area contributed by atoms with Crippen LogP contribution < -0.4 is 26.2 Å². The fourth-order valence-corrected chi connectivity index (χ4v) is 11.0. The molecule has 0 N–H and O–H groups in total. The number of fused-ring (bicyclic) bond motifs is 4. The molecule has 4 bridgehead atoms. The van der Waals surface area contributed by atoms with Gasteiger partial charge in [0.1, 0.15) is 0 Å². The van der Waals surface area contributed by atoms with Gasteiger partial charge in [0.2, 0.25) is 0 Å². The minimum absolute atomic E-state index is 0.179. The summed E-state index contributed by atoms with van der Waals surface area (Å²) in [6, 6.07) is 38.0. The van der Waals surface area contributed by atoms with Gasteiger partial charge in [-0.2, -0.15) is 0 Å². The lowest BCUT2D eigenvalue weighted by atomic mass is 9.33. The molecule has 0 amide bonds. The lowest BCUT2D eigenvalue weighted by molar-refractivity contribution is -0.00514. The summed E-state index contributed by atoms with van der Waals surface area (Å²) in [7, 11) is 0. The van der Waals surface area contributed by atoms with Gasteiger partial charge in [0.25, 0.3) is 6.71 Å². The summed E-state index contributed by atoms with van der Waals surface area (Å²) in [5.74, 6) is 2.69. The highest BCUT2D eigenvalue weighted by molar-refractivity contribution is 7.00. The van der Waals surface area contributed by atoms with Crippen LogP contribution in [0.2, 0.25) is 0 Å². The molecule has 0 atom stereocenters. The van der Waals surface area contributed by atoms with Crippen molar-refractivity contribution < 1.29 is 0 Å². The molecule has 0 aromatic heterocycles. The second-order valence-corrected chi connectivity index (χ2v) is 16.0. The zero-order valence-electron chi connectivity index (χ0n) is 28.2. The molecule has 4 saturated carbocycles. The van der Waals surface area contributed by atoms with Gasteiger partial charge in [0.05, 0.1) is 0 Å². The van der Waals surface area contributed by atoms with Gasteiger partial charge in [0, 0.05) is 34.1 Å². The highest BCUT2D eigenvalue weighted by atomic mass is 15.2. The molecular weight excluding hydrogens is 567 g/mol. The first-order valence-electron chi connectivity index (χ1n) is 18.0. The second-order valence-electron chi connectivity index (χ2n) is 16.0. The van der Waals surface area contributed by atoms with E-state index in [4.69, 9.17) is 0 Å². The third-order valence-electron chi connectivity index (χ3n) is 12.7. The Morgan fingerprint density at radius 2 is 1.15 bits per heavy atom. The zero-order chi connectivity index (χ0) is 31.6. The first-order valence-corrected chi connectivity index (χ1v) is 18.0. The van der Waals surface area contributed by atoms with Crippen LogP contribution in [0.4, 0.5) is 34.1 Å². The van der Waals surface area contributed by atoms with E-state index in [2.05, 4.69) is 135 Å². The van der Waals surface area contributed by atoms with Crippen LogP contribution in [0.25, 0.3) is 0 Å². The number of nitrogens with zero attached hydrogens (tertiary/aromatic N) is 2. The number of hydrogen-bond donors (Lipinski definition) is 0. The molecule has 4 fully saturated rings. The number of aryl methyl sites for hydroxylation is 4. The standard InChI is InChI=1S/C44H43BN2/c1-27-9-13-35(14-10-27)46-40-18-29(3)11-15-36(40)45-37-17-28(2)12-16-39(37)47(38-8-6-5-7-30(38)4)42-23-34(22-41(46)43(42)45)44-24-31-19-32(25-44)21-33(20-31)26-44/h5-18,22-23,31-33H,19-21,24-26H2,1-4H3. The SMILES string of the molecule is Cc1ccc(N2c3cc(C)ccc3B3c4cc(C)ccc4N(c4ccccc4C)c4cc(C56CC7CC(CC(C7)C5)C6)cc2c43)cc1. The number of rotatable bonds is 3. The number of benzene rings is 5. The third kappa shape index (κ3) is 4.05. The van der Waals surface area contributed by atoms with Crippen LogP contribution in [0, 0.1) is 45.4 Å². The predicted molar refractivity (Wildman–Crippen MR) is 199 cm³/mol. The van der Waals surface area contributed by atoms with Crippen molar-refractivity contribution in [2.75, 3.05) is 9.80 Å². The molecule has 6 aliphatic rings. The van der Waals surface area contributed by atoms with Crippen molar-refractivity contribution in [1.29, 1.82) is 0 Å². The Labute approximate surface area is 280 Å². The Kier molecular flexibility index (Phi) is 5.86. The van der Waals surface area contributed by atoms with Crippen LogP contribution >= 0.6 is 0 Å². The summed E-state index contributed by atoms with van der Waals surface area (Å²) in [6.07, 6.45) is 8.47. The molecule has 232 valence electrons. The Bertz CT molecular complexity index is 2060. The molecular formula is C44H43BN2. The largest absolute Gasteiger partial charge is 0.311 e. The van der Waals surface area contributed by atoms with Crippen LogP contribution in [0.5, 0.6) is 0 Å². The molecule has 5 aromatic carbocycles. The third-order valence-corrected chi connectivity index (χ3v) is 12.7. The second kappa shape index (κ2) is 9.89. The van der Waals surface area contributed by atoms with Gasteiger partial charge in [-0.3, -0.25) is 0 Å². The lowest BCUT2D eigenvalue weighted by Crippen LogP contribution is -2.61. The molecule has 0 unspecified atom stereocenters. The molecule has 11 rings (SSSR count). The normalized spacial score (nSPS) is 24.7. The van der Waals surface area contributed by atoms with E-state index in [-0.39, 0.29) is 12.1 Å². The average molecular weight is 611 g/mol. The predicted octanol–water partition coefficient (Wildman–Crippen LogP) is 9.47. The maximum absolute atomic E-state index is 2.68. The van der Waals surface area contributed by atoms with Gasteiger partial charge in [-0.25, -0.2) is 0 Å². The zero-order valence-corrected chi connectivity index (χ0v) is 28.2. The maximum atomic E-state index is 2.68. The van der Waals surface area contributed by atoms with E-state index in [0.717, 1.165) is 17.8 Å². The molecule has 2 heterocycles. The fourth-order valence-electron chi connectivity index (χ4n) is 11.0. The van der Waals surface area contributed by atoms with Crippen molar-refractivity contribution in [3.63, 3.8) is 0 Å². The van der Waals surface area contributed by atoms with Gasteiger partial charge >= 0.3 is 0 Å². The molecule has 3 heteroatoms. The minimum atomic E-state index is 0.179. The molecule has 0 saturated heterocycles. The lowest BCUT2D eigenvalue weighted by Gasteiger charge is -2.57. The molecule has 2 nitrogen and oxygen atoms in total. The Morgan fingerprint density at radius 3 is 1.85 bits per heavy atom. The van der Waals surface area contributed by atoms with Crippen LogP contribution in [-0.4, -0.2) is 6.71 Å². The molecule has 4 aliphatic carbocycles. The van der Waals surface area contributed by atoms with Crippen molar-refractivity contribution in [1.82, 2.24) is 0 Å². The van der Waals surface area contributed by atoms with Crippen molar-refractivity contribution in [3.8, 4) is 0 Å². The van der Waals surface area contributed by atoms with Crippen molar-refractivity contribution >= 4 is 57.2 Å². The summed E-state index contributed by atoms with van der Waals surface area (Å²) in [6.45, 7) is 9.16. The van der Waals surface area contributed by atoms with Crippen LogP contribution in [0.1, 0.15) is 66.3 Å². The first-order chi connectivity index (χ1) is 22.8. The van der Waals surface area contributed by atoms with Gasteiger partial charge in [0.15, 0.2) is 0 Å². The Balaban J connectivity index is 1.32. The Hall–Kier alpha value is -4.24. The van der Waals surface area contributed by atoms with E-state index in [0.29, 0.717) is 0 Å². The molecule has 0 radical (unpaired) electrons. The van der Waals surface area contributed by atoms with E-state index >= 15 is 0 Å². The van der Waals surface area contributed by atoms with E-state index in [9.17, 15) is 0 Å². The summed E-state index contributed by atoms with van der Waals surface area (Å²) >= 11 is 0. The average Bonchev–Trinajstić information content (AvgIpc) is 3.05. The molecule has 5 aromatic rings. The number of para-hydroxylation sites is 1. The van der Waals surface area contributed by atoms with Gasteiger partial charge in [-0.15, -0.1) is 0 Å². The summed E-state index contributed by atoms with van der Waals surface area (Å²) in [5, 5.41) is 0. The smallest absolute Gasteiger partial charge is 0.252 e. The maximum Gasteiger partial charge on any atom is 0.252 e. The minimum Gasteiger partial charge on any atom is -0.311 e. The summed E-state index contributed by atoms with van der Waals surface area (Å²) in [4.78, 5) is 5.26. The first kappa shape index (κ1) is 27.8. The molecule has 2 aliphatic heterocycles. The quantitative estimate of drug-likeness (QED) is 0.184. The van der Waals surface area contributed by atoms with Crippen LogP contribution in [0.3, 0.4) is 0 Å². The van der Waals surface area contributed by atoms with Gasteiger partial charge in [-0.1, -0.05) is 65.7 Å². The fraction of sp³-hybridized carbons (Fsp3) is 0.318. The van der Waals surface area contributed by atoms with Crippen LogP contribution in [-0.2, 0) is 5.41 Å². The van der Waals surface area contributed by atoms with Crippen molar-refractivity contribution in [3.05, 3.63) is 125 Å². The van der Waals surface area contributed by atoms with Crippen molar-refractivity contribution in [2.45, 2.75) is 71.6 Å². The summed E-state index contributed by atoms with van der Waals surface area (Å²) in [5.41, 5.74) is 19.3. The number of hydrogen-bond acceptors (Lipinski definition) is 2. The number of anilines is 6. The molecule has 47 heavy (non-hydrogen) atoms. The van der Waals surface area contributed by atoms with E-state index in [1.807, 2.05) is 0 Å². The van der Waals surface area contributed by atoms with Gasteiger partial charge < -0.3 is 9.80 Å². The van der Waals surface area contributed by atoms with Crippen molar-refractivity contribution in [2.24, 2.45) is 17.8 Å². The highest BCUT2D eigenvalue weighted by Crippen LogP contribution is 2.61. The van der Waals surface area contributed by atoms with E-state index in [1.165, 1.54) is 111 Å². The monoisotopic (exact) mass is 610 g/mol. The highest BCUT2D eigenvalue weighted by Gasteiger charge is 2.53. The Morgan fingerprint density at radius 1 is 0.532 bits per heavy atom. The molecule has 0 spiro atoms. The van der Waals surface area contributed by atoms with Crippen LogP contribution in [0.15, 0.2) is 97.1 Å². The summed E-state index contributed by atoms with van der Waals surface area (Å²) < 4.78 is 0. The van der Waals surface area contributed by atoms with E-state index in [1.54, 1.807) is 5.56 Å².